The molecule has 0 amide bonds. The van der Waals surface area contributed by atoms with Crippen molar-refractivity contribution in [3.8, 4) is 11.3 Å². The number of ether oxygens (including phenoxy) is 1. The third-order valence-corrected chi connectivity index (χ3v) is 4.47. The van der Waals surface area contributed by atoms with Crippen LogP contribution in [-0.4, -0.2) is 27.6 Å². The third-order valence-electron chi connectivity index (χ3n) is 4.47. The number of carbonyl (C=O) groups is 1. The predicted octanol–water partition coefficient (Wildman–Crippen LogP) is 3.45. The summed E-state index contributed by atoms with van der Waals surface area (Å²) in [5.74, 6) is -0.160. The Morgan fingerprint density at radius 1 is 1.42 bits per heavy atom. The first-order chi connectivity index (χ1) is 11.6. The molecule has 0 bridgehead atoms. The maximum absolute atomic E-state index is 12.4. The van der Waals surface area contributed by atoms with Crippen LogP contribution >= 0.6 is 0 Å². The van der Waals surface area contributed by atoms with Gasteiger partial charge in [-0.3, -0.25) is 0 Å². The van der Waals surface area contributed by atoms with Crippen molar-refractivity contribution in [1.82, 2.24) is 15.0 Å². The Morgan fingerprint density at radius 2 is 2.21 bits per heavy atom. The largest absolute Gasteiger partial charge is 0.464 e. The van der Waals surface area contributed by atoms with Crippen molar-refractivity contribution in [1.29, 1.82) is 0 Å². The van der Waals surface area contributed by atoms with Crippen LogP contribution < -0.4 is 0 Å². The quantitative estimate of drug-likeness (QED) is 0.790. The Labute approximate surface area is 142 Å². The van der Waals surface area contributed by atoms with E-state index in [4.69, 9.17) is 4.74 Å². The molecule has 0 saturated carbocycles. The Balaban J connectivity index is 2.04. The van der Waals surface area contributed by atoms with Crippen LogP contribution in [0, 0.1) is 5.92 Å². The summed E-state index contributed by atoms with van der Waals surface area (Å²) in [5, 5.41) is 8.69. The van der Waals surface area contributed by atoms with Gasteiger partial charge in [-0.05, 0) is 36.8 Å². The van der Waals surface area contributed by atoms with Crippen molar-refractivity contribution in [3.63, 3.8) is 0 Å². The standard InChI is InChI=1S/C19H23N3O2/c1-5-13-7-9-15-14(11-13)8-10-16-17(15)20-21-22(16)18(12(3)4)19(23)24-6-2/h5,7,9,11-12,18H,1,6,8,10H2,2-4H3/t18-/m0/s1. The summed E-state index contributed by atoms with van der Waals surface area (Å²) in [6.07, 6.45) is 3.58. The highest BCUT2D eigenvalue weighted by Crippen LogP contribution is 2.34. The molecule has 2 aromatic rings. The molecule has 1 aliphatic rings. The lowest BCUT2D eigenvalue weighted by Gasteiger charge is -2.23. The van der Waals surface area contributed by atoms with Gasteiger partial charge in [0, 0.05) is 5.56 Å². The molecule has 0 N–H and O–H groups in total. The zero-order valence-corrected chi connectivity index (χ0v) is 14.5. The minimum absolute atomic E-state index is 0.0828. The minimum atomic E-state index is -0.435. The Morgan fingerprint density at radius 3 is 2.88 bits per heavy atom. The maximum Gasteiger partial charge on any atom is 0.331 e. The van der Waals surface area contributed by atoms with Gasteiger partial charge in [-0.1, -0.05) is 49.9 Å². The molecular weight excluding hydrogens is 302 g/mol. The van der Waals surface area contributed by atoms with Crippen molar-refractivity contribution in [2.75, 3.05) is 6.61 Å². The highest BCUT2D eigenvalue weighted by atomic mass is 16.5. The van der Waals surface area contributed by atoms with Crippen LogP contribution in [0.5, 0.6) is 0 Å². The van der Waals surface area contributed by atoms with Gasteiger partial charge in [0.15, 0.2) is 6.04 Å². The molecule has 0 saturated heterocycles. The molecule has 3 rings (SSSR count). The molecule has 5 nitrogen and oxygen atoms in total. The molecule has 24 heavy (non-hydrogen) atoms. The fraction of sp³-hybridized carbons (Fsp3) is 0.421. The molecule has 1 aromatic carbocycles. The summed E-state index contributed by atoms with van der Waals surface area (Å²) >= 11 is 0. The normalized spacial score (nSPS) is 14.0. The predicted molar refractivity (Wildman–Crippen MR) is 93.5 cm³/mol. The van der Waals surface area contributed by atoms with E-state index in [1.807, 2.05) is 32.9 Å². The highest BCUT2D eigenvalue weighted by molar-refractivity contribution is 5.76. The van der Waals surface area contributed by atoms with Crippen molar-refractivity contribution >= 4 is 12.0 Å². The summed E-state index contributed by atoms with van der Waals surface area (Å²) in [5.41, 5.74) is 5.35. The first kappa shape index (κ1) is 16.4. The summed E-state index contributed by atoms with van der Waals surface area (Å²) < 4.78 is 7.01. The Hall–Kier alpha value is -2.43. The van der Waals surface area contributed by atoms with Gasteiger partial charge in [0.05, 0.1) is 12.3 Å². The van der Waals surface area contributed by atoms with Gasteiger partial charge in [-0.15, -0.1) is 5.10 Å². The molecule has 1 atom stereocenters. The number of esters is 1. The Bertz CT molecular complexity index is 777. The number of hydrogen-bond acceptors (Lipinski definition) is 4. The smallest absolute Gasteiger partial charge is 0.331 e. The van der Waals surface area contributed by atoms with E-state index in [1.54, 1.807) is 4.68 Å². The second-order valence-electron chi connectivity index (χ2n) is 6.39. The van der Waals surface area contributed by atoms with E-state index in [9.17, 15) is 4.79 Å². The van der Waals surface area contributed by atoms with Crippen LogP contribution in [0.1, 0.15) is 43.6 Å². The van der Waals surface area contributed by atoms with Crippen LogP contribution in [-0.2, 0) is 22.4 Å². The first-order valence-corrected chi connectivity index (χ1v) is 8.43. The van der Waals surface area contributed by atoms with Gasteiger partial charge in [0.1, 0.15) is 5.69 Å². The number of hydrogen-bond donors (Lipinski definition) is 0. The second kappa shape index (κ2) is 6.59. The van der Waals surface area contributed by atoms with E-state index in [0.717, 1.165) is 35.4 Å². The van der Waals surface area contributed by atoms with E-state index in [-0.39, 0.29) is 11.9 Å². The van der Waals surface area contributed by atoms with Crippen LogP contribution in [0.15, 0.2) is 24.8 Å². The molecule has 1 heterocycles. The number of carbonyl (C=O) groups excluding carboxylic acids is 1. The lowest BCUT2D eigenvalue weighted by atomic mass is 9.90. The van der Waals surface area contributed by atoms with Gasteiger partial charge in [-0.2, -0.15) is 0 Å². The molecule has 0 radical (unpaired) electrons. The molecule has 1 aromatic heterocycles. The molecular formula is C19H23N3O2. The van der Waals surface area contributed by atoms with Gasteiger partial charge in [-0.25, -0.2) is 9.48 Å². The number of nitrogens with zero attached hydrogens (tertiary/aromatic N) is 3. The summed E-state index contributed by atoms with van der Waals surface area (Å²) in [4.78, 5) is 12.4. The lowest BCUT2D eigenvalue weighted by Crippen LogP contribution is -2.29. The molecule has 5 heteroatoms. The van der Waals surface area contributed by atoms with Crippen LogP contribution in [0.25, 0.3) is 17.3 Å². The molecule has 126 valence electrons. The van der Waals surface area contributed by atoms with E-state index in [2.05, 4.69) is 29.0 Å². The van der Waals surface area contributed by atoms with Gasteiger partial charge in [0.2, 0.25) is 0 Å². The number of aryl methyl sites for hydroxylation is 1. The zero-order chi connectivity index (χ0) is 17.3. The maximum atomic E-state index is 12.4. The number of fused-ring (bicyclic) bond motifs is 3. The first-order valence-electron chi connectivity index (χ1n) is 8.43. The molecule has 0 unspecified atom stereocenters. The van der Waals surface area contributed by atoms with Crippen molar-refractivity contribution in [2.45, 2.75) is 39.7 Å². The topological polar surface area (TPSA) is 57.0 Å². The van der Waals surface area contributed by atoms with E-state index in [0.29, 0.717) is 6.61 Å². The lowest BCUT2D eigenvalue weighted by molar-refractivity contribution is -0.149. The van der Waals surface area contributed by atoms with Gasteiger partial charge in [0.25, 0.3) is 0 Å². The van der Waals surface area contributed by atoms with Crippen LogP contribution in [0.2, 0.25) is 0 Å². The SMILES string of the molecule is C=Cc1ccc2c(c1)CCc1c-2nnn1[C@H](C(=O)OCC)C(C)C. The number of aromatic nitrogens is 3. The average molecular weight is 325 g/mol. The van der Waals surface area contributed by atoms with E-state index in [1.165, 1.54) is 5.56 Å². The van der Waals surface area contributed by atoms with Crippen molar-refractivity contribution < 1.29 is 9.53 Å². The second-order valence-corrected chi connectivity index (χ2v) is 6.39. The third kappa shape index (κ3) is 2.75. The number of benzene rings is 1. The Kier molecular flexibility index (Phi) is 4.51. The van der Waals surface area contributed by atoms with E-state index >= 15 is 0 Å². The monoisotopic (exact) mass is 325 g/mol. The number of rotatable bonds is 5. The molecule has 0 aliphatic heterocycles. The minimum Gasteiger partial charge on any atom is -0.464 e. The van der Waals surface area contributed by atoms with Gasteiger partial charge < -0.3 is 4.74 Å². The van der Waals surface area contributed by atoms with Crippen LogP contribution in [0.4, 0.5) is 0 Å². The molecule has 0 fully saturated rings. The summed E-state index contributed by atoms with van der Waals surface area (Å²) in [6.45, 7) is 10.0. The highest BCUT2D eigenvalue weighted by Gasteiger charge is 2.32. The summed E-state index contributed by atoms with van der Waals surface area (Å²) in [6, 6.07) is 5.81. The molecule has 1 aliphatic carbocycles. The van der Waals surface area contributed by atoms with Crippen LogP contribution in [0.3, 0.4) is 0 Å². The van der Waals surface area contributed by atoms with Crippen molar-refractivity contribution in [2.24, 2.45) is 5.92 Å². The average Bonchev–Trinajstić information content (AvgIpc) is 2.98. The fourth-order valence-electron chi connectivity index (χ4n) is 3.29. The summed E-state index contributed by atoms with van der Waals surface area (Å²) in [7, 11) is 0. The van der Waals surface area contributed by atoms with Crippen molar-refractivity contribution in [3.05, 3.63) is 41.6 Å². The van der Waals surface area contributed by atoms with Gasteiger partial charge >= 0.3 is 5.97 Å². The molecule has 0 spiro atoms. The zero-order valence-electron chi connectivity index (χ0n) is 14.5. The fourth-order valence-corrected chi connectivity index (χ4v) is 3.29. The van der Waals surface area contributed by atoms with E-state index < -0.39 is 6.04 Å².